The van der Waals surface area contributed by atoms with E-state index < -0.39 is 0 Å². The van der Waals surface area contributed by atoms with Gasteiger partial charge in [0.15, 0.2) is 0 Å². The van der Waals surface area contributed by atoms with Gasteiger partial charge in [0, 0.05) is 13.2 Å². The molecule has 0 aromatic heterocycles. The van der Waals surface area contributed by atoms with E-state index >= 15 is 0 Å². The summed E-state index contributed by atoms with van der Waals surface area (Å²) in [5, 5.41) is 3.30. The van der Waals surface area contributed by atoms with Gasteiger partial charge in [0.1, 0.15) is 0 Å². The predicted molar refractivity (Wildman–Crippen MR) is 84.0 cm³/mol. The summed E-state index contributed by atoms with van der Waals surface area (Å²) in [7, 11) is 0. The van der Waals surface area contributed by atoms with E-state index in [0.717, 1.165) is 32.3 Å². The Bertz CT molecular complexity index is 422. The first-order valence-corrected chi connectivity index (χ1v) is 7.95. The number of hydrogen-bond donors (Lipinski definition) is 1. The van der Waals surface area contributed by atoms with E-state index in [1.165, 1.54) is 5.56 Å². The summed E-state index contributed by atoms with van der Waals surface area (Å²) in [6.07, 6.45) is 4.03. The minimum Gasteiger partial charge on any atom is -0.380 e. The summed E-state index contributed by atoms with van der Waals surface area (Å²) in [4.78, 5) is 14.1. The van der Waals surface area contributed by atoms with Gasteiger partial charge in [0.2, 0.25) is 5.91 Å². The molecule has 1 aromatic rings. The second kappa shape index (κ2) is 8.80. The molecule has 1 amide bonds. The third-order valence-corrected chi connectivity index (χ3v) is 3.85. The molecule has 1 atom stereocenters. The third kappa shape index (κ3) is 5.14. The van der Waals surface area contributed by atoms with E-state index in [4.69, 9.17) is 4.74 Å². The highest BCUT2D eigenvalue weighted by molar-refractivity contribution is 5.83. The number of aryl methyl sites for hydroxylation is 1. The van der Waals surface area contributed by atoms with Crippen molar-refractivity contribution in [3.63, 3.8) is 0 Å². The van der Waals surface area contributed by atoms with Crippen molar-refractivity contribution >= 4 is 5.91 Å². The molecule has 4 nitrogen and oxygen atoms in total. The highest BCUT2D eigenvalue weighted by atomic mass is 16.5. The van der Waals surface area contributed by atoms with Crippen LogP contribution in [0.25, 0.3) is 0 Å². The minimum absolute atomic E-state index is 0.0409. The number of nitrogens with one attached hydrogen (secondary N) is 1. The van der Waals surface area contributed by atoms with E-state index in [0.29, 0.717) is 19.8 Å². The molecule has 21 heavy (non-hydrogen) atoms. The second-order valence-electron chi connectivity index (χ2n) is 5.51. The standard InChI is InChI=1S/C17H26N2O2/c1-2-3-12-21-13-11-19-14-18-16(17(19)20)10-9-15-7-5-4-6-8-15/h4-8,16,18H,2-3,9-14H2,1H3. The smallest absolute Gasteiger partial charge is 0.240 e. The van der Waals surface area contributed by atoms with Crippen LogP contribution >= 0.6 is 0 Å². The van der Waals surface area contributed by atoms with E-state index in [-0.39, 0.29) is 11.9 Å². The number of nitrogens with zero attached hydrogens (tertiary/aromatic N) is 1. The van der Waals surface area contributed by atoms with Crippen LogP contribution in [0.15, 0.2) is 30.3 Å². The number of ether oxygens (including phenoxy) is 1. The fourth-order valence-corrected chi connectivity index (χ4v) is 2.50. The lowest BCUT2D eigenvalue weighted by Crippen LogP contribution is -2.33. The number of hydrogen-bond acceptors (Lipinski definition) is 3. The summed E-state index contributed by atoms with van der Waals surface area (Å²) in [6.45, 7) is 4.92. The Balaban J connectivity index is 1.66. The Kier molecular flexibility index (Phi) is 6.70. The van der Waals surface area contributed by atoms with Crippen LogP contribution in [0.1, 0.15) is 31.7 Å². The van der Waals surface area contributed by atoms with Crippen LogP contribution in [0.3, 0.4) is 0 Å². The van der Waals surface area contributed by atoms with E-state index in [1.54, 1.807) is 0 Å². The Morgan fingerprint density at radius 1 is 1.29 bits per heavy atom. The molecular weight excluding hydrogens is 264 g/mol. The molecule has 2 rings (SSSR count). The van der Waals surface area contributed by atoms with Gasteiger partial charge in [-0.3, -0.25) is 10.1 Å². The molecule has 1 N–H and O–H groups in total. The van der Waals surface area contributed by atoms with Crippen LogP contribution in [-0.2, 0) is 16.0 Å². The first kappa shape index (κ1) is 16.0. The molecule has 0 saturated carbocycles. The fraction of sp³-hybridized carbons (Fsp3) is 0.588. The number of amides is 1. The molecule has 0 spiro atoms. The molecule has 116 valence electrons. The van der Waals surface area contributed by atoms with Crippen LogP contribution in [0.5, 0.6) is 0 Å². The lowest BCUT2D eigenvalue weighted by Gasteiger charge is -2.15. The molecule has 1 aromatic carbocycles. The van der Waals surface area contributed by atoms with E-state index in [1.807, 2.05) is 23.1 Å². The van der Waals surface area contributed by atoms with Gasteiger partial charge >= 0.3 is 0 Å². The Morgan fingerprint density at radius 3 is 2.86 bits per heavy atom. The van der Waals surface area contributed by atoms with Crippen LogP contribution in [0.2, 0.25) is 0 Å². The topological polar surface area (TPSA) is 41.6 Å². The summed E-state index contributed by atoms with van der Waals surface area (Å²) in [5.41, 5.74) is 1.29. The highest BCUT2D eigenvalue weighted by Gasteiger charge is 2.30. The summed E-state index contributed by atoms with van der Waals surface area (Å²) in [6, 6.07) is 10.3. The van der Waals surface area contributed by atoms with Crippen molar-refractivity contribution in [1.82, 2.24) is 10.2 Å². The van der Waals surface area contributed by atoms with Crippen LogP contribution < -0.4 is 5.32 Å². The quantitative estimate of drug-likeness (QED) is 0.709. The molecule has 0 bridgehead atoms. The zero-order valence-corrected chi connectivity index (χ0v) is 12.9. The Morgan fingerprint density at radius 2 is 2.10 bits per heavy atom. The van der Waals surface area contributed by atoms with Crippen molar-refractivity contribution in [2.45, 2.75) is 38.6 Å². The summed E-state index contributed by atoms with van der Waals surface area (Å²) < 4.78 is 5.53. The van der Waals surface area contributed by atoms with Crippen molar-refractivity contribution in [2.24, 2.45) is 0 Å². The maximum absolute atomic E-state index is 12.3. The molecule has 0 aliphatic carbocycles. The highest BCUT2D eigenvalue weighted by Crippen LogP contribution is 2.11. The molecule has 1 saturated heterocycles. The molecule has 1 heterocycles. The minimum atomic E-state index is -0.0409. The number of rotatable bonds is 9. The molecule has 1 fully saturated rings. The lowest BCUT2D eigenvalue weighted by atomic mass is 10.1. The third-order valence-electron chi connectivity index (χ3n) is 3.85. The fourth-order valence-electron chi connectivity index (χ4n) is 2.50. The SMILES string of the molecule is CCCCOCCN1CNC(CCc2ccccc2)C1=O. The first-order valence-electron chi connectivity index (χ1n) is 7.95. The van der Waals surface area contributed by atoms with Gasteiger partial charge in [-0.15, -0.1) is 0 Å². The van der Waals surface area contributed by atoms with Crippen LogP contribution in [0, 0.1) is 0 Å². The first-order chi connectivity index (χ1) is 10.3. The monoisotopic (exact) mass is 290 g/mol. The molecule has 1 aliphatic heterocycles. The maximum Gasteiger partial charge on any atom is 0.240 e. The van der Waals surface area contributed by atoms with Gasteiger partial charge in [-0.1, -0.05) is 43.7 Å². The summed E-state index contributed by atoms with van der Waals surface area (Å²) >= 11 is 0. The van der Waals surface area contributed by atoms with E-state index in [2.05, 4.69) is 24.4 Å². The van der Waals surface area contributed by atoms with Gasteiger partial charge in [-0.2, -0.15) is 0 Å². The molecule has 1 unspecified atom stereocenters. The van der Waals surface area contributed by atoms with Crippen molar-refractivity contribution in [2.75, 3.05) is 26.4 Å². The second-order valence-corrected chi connectivity index (χ2v) is 5.51. The predicted octanol–water partition coefficient (Wildman–Crippen LogP) is 2.19. The van der Waals surface area contributed by atoms with Crippen molar-refractivity contribution in [1.29, 1.82) is 0 Å². The normalized spacial score (nSPS) is 18.4. The van der Waals surface area contributed by atoms with Gasteiger partial charge in [-0.25, -0.2) is 0 Å². The van der Waals surface area contributed by atoms with Gasteiger partial charge in [0.25, 0.3) is 0 Å². The Labute approximate surface area is 127 Å². The number of carbonyl (C=O) groups excluding carboxylic acids is 1. The van der Waals surface area contributed by atoms with E-state index in [9.17, 15) is 4.79 Å². The summed E-state index contributed by atoms with van der Waals surface area (Å²) in [5.74, 6) is 0.213. The molecular formula is C17H26N2O2. The van der Waals surface area contributed by atoms with Gasteiger partial charge < -0.3 is 9.64 Å². The van der Waals surface area contributed by atoms with Crippen molar-refractivity contribution < 1.29 is 9.53 Å². The maximum atomic E-state index is 12.3. The number of carbonyl (C=O) groups is 1. The lowest BCUT2D eigenvalue weighted by molar-refractivity contribution is -0.129. The average molecular weight is 290 g/mol. The number of benzene rings is 1. The van der Waals surface area contributed by atoms with Crippen LogP contribution in [-0.4, -0.2) is 43.3 Å². The average Bonchev–Trinajstić information content (AvgIpc) is 2.87. The van der Waals surface area contributed by atoms with Crippen molar-refractivity contribution in [3.8, 4) is 0 Å². The van der Waals surface area contributed by atoms with Crippen LogP contribution in [0.4, 0.5) is 0 Å². The van der Waals surface area contributed by atoms with Gasteiger partial charge in [-0.05, 0) is 24.8 Å². The van der Waals surface area contributed by atoms with Gasteiger partial charge in [0.05, 0.1) is 19.3 Å². The zero-order chi connectivity index (χ0) is 14.9. The molecule has 0 radical (unpaired) electrons. The Hall–Kier alpha value is -1.39. The van der Waals surface area contributed by atoms with Crippen molar-refractivity contribution in [3.05, 3.63) is 35.9 Å². The molecule has 1 aliphatic rings. The number of unbranched alkanes of at least 4 members (excludes halogenated alkanes) is 1. The molecule has 4 heteroatoms. The zero-order valence-electron chi connectivity index (χ0n) is 12.9. The largest absolute Gasteiger partial charge is 0.380 e.